The Labute approximate surface area is 149 Å². The van der Waals surface area contributed by atoms with Gasteiger partial charge in [-0.25, -0.2) is 0 Å². The van der Waals surface area contributed by atoms with Gasteiger partial charge < -0.3 is 0 Å². The Morgan fingerprint density at radius 1 is 0.864 bits per heavy atom. The fourth-order valence-electron chi connectivity index (χ4n) is 3.40. The summed E-state index contributed by atoms with van der Waals surface area (Å²) in [6, 6.07) is 4.94. The molecule has 0 unspecified atom stereocenters. The van der Waals surface area contributed by atoms with E-state index in [2.05, 4.69) is 72.2 Å². The fraction of sp³-hybridized carbons (Fsp3) is 0.526. The van der Waals surface area contributed by atoms with E-state index >= 15 is 0 Å². The molecule has 0 aliphatic heterocycles. The maximum atomic E-state index is 4.83. The molecule has 0 radical (unpaired) electrons. The molecule has 0 spiro atoms. The molecule has 2 rings (SSSR count). The van der Waals surface area contributed by atoms with Gasteiger partial charge in [-0.1, -0.05) is 31.5 Å². The SMILES string of the molecule is Cc1cc(C)c(-c2c(C)nn(C(C)C)c2C(C)C)c(C)c1.[Pt]. The summed E-state index contributed by atoms with van der Waals surface area (Å²) in [5, 5.41) is 4.83. The van der Waals surface area contributed by atoms with Crippen LogP contribution in [0.3, 0.4) is 0 Å². The molecule has 0 aliphatic carbocycles. The molecule has 2 nitrogen and oxygen atoms in total. The molecule has 0 saturated heterocycles. The molecule has 0 fully saturated rings. The Balaban J connectivity index is 0.00000242. The van der Waals surface area contributed by atoms with Crippen molar-refractivity contribution in [2.24, 2.45) is 0 Å². The van der Waals surface area contributed by atoms with Crippen molar-refractivity contribution in [1.82, 2.24) is 9.78 Å². The van der Waals surface area contributed by atoms with Gasteiger partial charge in [0.15, 0.2) is 0 Å². The van der Waals surface area contributed by atoms with Gasteiger partial charge in [-0.15, -0.1) is 0 Å². The van der Waals surface area contributed by atoms with Crippen molar-refractivity contribution in [3.63, 3.8) is 0 Å². The van der Waals surface area contributed by atoms with E-state index in [1.54, 1.807) is 0 Å². The molecule has 0 bridgehead atoms. The van der Waals surface area contributed by atoms with E-state index in [0.717, 1.165) is 5.69 Å². The zero-order valence-corrected chi connectivity index (χ0v) is 17.3. The van der Waals surface area contributed by atoms with Crippen LogP contribution in [-0.2, 0) is 21.1 Å². The van der Waals surface area contributed by atoms with Crippen molar-refractivity contribution in [1.29, 1.82) is 0 Å². The Kier molecular flexibility index (Phi) is 6.21. The van der Waals surface area contributed by atoms with E-state index in [1.165, 1.54) is 33.5 Å². The molecule has 0 aliphatic rings. The number of nitrogens with zero attached hydrogens (tertiary/aromatic N) is 2. The van der Waals surface area contributed by atoms with Crippen LogP contribution in [0.1, 0.15) is 67.7 Å². The molecule has 0 saturated carbocycles. The number of benzene rings is 1. The topological polar surface area (TPSA) is 17.8 Å². The van der Waals surface area contributed by atoms with E-state index in [-0.39, 0.29) is 21.1 Å². The fourth-order valence-corrected chi connectivity index (χ4v) is 3.40. The van der Waals surface area contributed by atoms with Gasteiger partial charge >= 0.3 is 0 Å². The molecule has 0 N–H and O–H groups in total. The van der Waals surface area contributed by atoms with Gasteiger partial charge in [0.25, 0.3) is 0 Å². The van der Waals surface area contributed by atoms with Gasteiger partial charge in [0.2, 0.25) is 0 Å². The summed E-state index contributed by atoms with van der Waals surface area (Å²) >= 11 is 0. The second-order valence-electron chi connectivity index (χ2n) is 6.81. The summed E-state index contributed by atoms with van der Waals surface area (Å²) in [4.78, 5) is 0. The van der Waals surface area contributed by atoms with Gasteiger partial charge in [-0.3, -0.25) is 4.68 Å². The predicted octanol–water partition coefficient (Wildman–Crippen LogP) is 5.49. The van der Waals surface area contributed by atoms with E-state index < -0.39 is 0 Å². The van der Waals surface area contributed by atoms with Crippen molar-refractivity contribution >= 4 is 0 Å². The molecule has 0 atom stereocenters. The molecular formula is C19H28N2Pt. The zero-order valence-electron chi connectivity index (χ0n) is 15.0. The molecular weight excluding hydrogens is 451 g/mol. The first-order valence-corrected chi connectivity index (χ1v) is 7.91. The van der Waals surface area contributed by atoms with Gasteiger partial charge in [0.05, 0.1) is 5.69 Å². The second kappa shape index (κ2) is 7.13. The summed E-state index contributed by atoms with van der Waals surface area (Å²) in [5.74, 6) is 0.462. The molecule has 22 heavy (non-hydrogen) atoms. The number of rotatable bonds is 3. The smallest absolute Gasteiger partial charge is 0.0675 e. The van der Waals surface area contributed by atoms with Gasteiger partial charge in [0.1, 0.15) is 0 Å². The van der Waals surface area contributed by atoms with E-state index in [4.69, 9.17) is 5.10 Å². The zero-order chi connectivity index (χ0) is 15.9. The maximum absolute atomic E-state index is 4.83. The van der Waals surface area contributed by atoms with Crippen LogP contribution in [0.25, 0.3) is 11.1 Å². The summed E-state index contributed by atoms with van der Waals surface area (Å²) in [7, 11) is 0. The molecule has 1 aromatic heterocycles. The van der Waals surface area contributed by atoms with Gasteiger partial charge in [0, 0.05) is 38.4 Å². The summed E-state index contributed by atoms with van der Waals surface area (Å²) < 4.78 is 2.20. The van der Waals surface area contributed by atoms with Crippen molar-refractivity contribution < 1.29 is 21.1 Å². The van der Waals surface area contributed by atoms with E-state index in [9.17, 15) is 0 Å². The molecule has 124 valence electrons. The van der Waals surface area contributed by atoms with Gasteiger partial charge in [-0.05, 0) is 64.2 Å². The van der Waals surface area contributed by atoms with Crippen LogP contribution in [0, 0.1) is 27.7 Å². The molecule has 2 aromatic rings. The van der Waals surface area contributed by atoms with E-state index in [1.807, 2.05) is 0 Å². The third-order valence-electron chi connectivity index (χ3n) is 4.09. The normalized spacial score (nSPS) is 11.2. The van der Waals surface area contributed by atoms with Crippen LogP contribution in [0.5, 0.6) is 0 Å². The molecule has 1 aromatic carbocycles. The first-order chi connectivity index (χ1) is 9.73. The van der Waals surface area contributed by atoms with Crippen LogP contribution in [0.15, 0.2) is 12.1 Å². The van der Waals surface area contributed by atoms with Crippen molar-refractivity contribution in [3.05, 3.63) is 40.2 Å². The van der Waals surface area contributed by atoms with Crippen LogP contribution in [0.2, 0.25) is 0 Å². The Bertz CT molecular complexity index is 643. The average molecular weight is 480 g/mol. The number of hydrogen-bond donors (Lipinski definition) is 0. The Morgan fingerprint density at radius 2 is 1.36 bits per heavy atom. The van der Waals surface area contributed by atoms with Crippen molar-refractivity contribution in [2.45, 2.75) is 67.3 Å². The van der Waals surface area contributed by atoms with Crippen LogP contribution >= 0.6 is 0 Å². The number of aromatic nitrogens is 2. The quantitative estimate of drug-likeness (QED) is 0.570. The Hall–Kier alpha value is -0.882. The van der Waals surface area contributed by atoms with E-state index in [0.29, 0.717) is 12.0 Å². The number of aryl methyl sites for hydroxylation is 4. The minimum atomic E-state index is 0. The van der Waals surface area contributed by atoms with Crippen LogP contribution < -0.4 is 0 Å². The minimum absolute atomic E-state index is 0. The van der Waals surface area contributed by atoms with Gasteiger partial charge in [-0.2, -0.15) is 5.10 Å². The average Bonchev–Trinajstić information content (AvgIpc) is 2.66. The summed E-state index contributed by atoms with van der Waals surface area (Å²) in [5.41, 5.74) is 9.23. The monoisotopic (exact) mass is 479 g/mol. The standard InChI is InChI=1S/C19H28N2.Pt/c1-11(2)19-18(16(8)20-21(19)12(3)4)17-14(6)9-13(5)10-15(17)7;/h9-12H,1-8H3;. The largest absolute Gasteiger partial charge is 0.266 e. The summed E-state index contributed by atoms with van der Waals surface area (Å²) in [6.07, 6.45) is 0. The first-order valence-electron chi connectivity index (χ1n) is 7.91. The van der Waals surface area contributed by atoms with Crippen molar-refractivity contribution in [3.8, 4) is 11.1 Å². The number of hydrogen-bond acceptors (Lipinski definition) is 1. The second-order valence-corrected chi connectivity index (χ2v) is 6.81. The molecule has 1 heterocycles. The van der Waals surface area contributed by atoms with Crippen molar-refractivity contribution in [2.75, 3.05) is 0 Å². The molecule has 3 heteroatoms. The predicted molar refractivity (Wildman–Crippen MR) is 91.1 cm³/mol. The third-order valence-corrected chi connectivity index (χ3v) is 4.09. The van der Waals surface area contributed by atoms with Crippen LogP contribution in [0.4, 0.5) is 0 Å². The maximum Gasteiger partial charge on any atom is 0.0675 e. The third kappa shape index (κ3) is 3.38. The minimum Gasteiger partial charge on any atom is -0.266 e. The first kappa shape index (κ1) is 19.2. The molecule has 0 amide bonds. The summed E-state index contributed by atoms with van der Waals surface area (Å²) in [6.45, 7) is 17.7. The Morgan fingerprint density at radius 3 is 1.77 bits per heavy atom. The van der Waals surface area contributed by atoms with Crippen LogP contribution in [-0.4, -0.2) is 9.78 Å².